The highest BCUT2D eigenvalue weighted by molar-refractivity contribution is 5.66. The summed E-state index contributed by atoms with van der Waals surface area (Å²) in [4.78, 5) is 10.6. The smallest absolute Gasteiger partial charge is 0.303 e. The van der Waals surface area contributed by atoms with Gasteiger partial charge in [-0.1, -0.05) is 5.21 Å². The second kappa shape index (κ2) is 6.35. The summed E-state index contributed by atoms with van der Waals surface area (Å²) in [5.74, 6) is -0.792. The molecule has 0 radical (unpaired) electrons. The zero-order valence-corrected chi connectivity index (χ0v) is 13.0. The summed E-state index contributed by atoms with van der Waals surface area (Å²) in [5, 5.41) is 16.8. The lowest BCUT2D eigenvalue weighted by molar-refractivity contribution is -0.139. The van der Waals surface area contributed by atoms with Crippen LogP contribution in [0.15, 0.2) is 6.20 Å². The number of aromatic nitrogens is 3. The second-order valence-electron chi connectivity index (χ2n) is 6.37. The van der Waals surface area contributed by atoms with Crippen molar-refractivity contribution < 1.29 is 14.6 Å². The van der Waals surface area contributed by atoms with E-state index in [1.165, 1.54) is 0 Å². The lowest BCUT2D eigenvalue weighted by Crippen LogP contribution is -2.32. The monoisotopic (exact) mass is 283 g/mol. The summed E-state index contributed by atoms with van der Waals surface area (Å²) in [6, 6.07) is 0. The fourth-order valence-corrected chi connectivity index (χ4v) is 1.81. The molecule has 1 N–H and O–H groups in total. The molecule has 0 amide bonds. The Morgan fingerprint density at radius 1 is 1.35 bits per heavy atom. The number of carboxylic acids is 1. The molecule has 0 atom stereocenters. The van der Waals surface area contributed by atoms with Gasteiger partial charge in [0.15, 0.2) is 0 Å². The SMILES string of the molecule is Cc1cn(C(C)(C)CCOC(C)(C)CCC(=O)O)nn1. The van der Waals surface area contributed by atoms with Crippen molar-refractivity contribution in [2.75, 3.05) is 6.61 Å². The van der Waals surface area contributed by atoms with Crippen LogP contribution < -0.4 is 0 Å². The van der Waals surface area contributed by atoms with Crippen molar-refractivity contribution in [1.82, 2.24) is 15.0 Å². The van der Waals surface area contributed by atoms with Crippen LogP contribution in [0.1, 0.15) is 52.7 Å². The Kier molecular flexibility index (Phi) is 5.28. The van der Waals surface area contributed by atoms with Gasteiger partial charge in [-0.25, -0.2) is 4.68 Å². The van der Waals surface area contributed by atoms with Crippen LogP contribution in [0.2, 0.25) is 0 Å². The standard InChI is InChI=1S/C14H25N3O3/c1-11-10-17(16-15-11)13(2,3)8-9-20-14(4,5)7-6-12(18)19/h10H,6-9H2,1-5H3,(H,18,19). The van der Waals surface area contributed by atoms with Crippen LogP contribution in [0.3, 0.4) is 0 Å². The zero-order valence-electron chi connectivity index (χ0n) is 13.0. The van der Waals surface area contributed by atoms with Crippen molar-refractivity contribution in [2.45, 2.75) is 65.0 Å². The third kappa shape index (κ3) is 5.28. The van der Waals surface area contributed by atoms with E-state index in [1.807, 2.05) is 31.6 Å². The van der Waals surface area contributed by atoms with Crippen LogP contribution in [0.5, 0.6) is 0 Å². The highest BCUT2D eigenvalue weighted by Gasteiger charge is 2.25. The molecule has 0 bridgehead atoms. The fraction of sp³-hybridized carbons (Fsp3) is 0.786. The van der Waals surface area contributed by atoms with Gasteiger partial charge in [0.05, 0.1) is 16.8 Å². The molecule has 1 heterocycles. The van der Waals surface area contributed by atoms with Crippen LogP contribution >= 0.6 is 0 Å². The predicted molar refractivity (Wildman–Crippen MR) is 75.6 cm³/mol. The molecule has 6 heteroatoms. The lowest BCUT2D eigenvalue weighted by Gasteiger charge is -2.29. The number of rotatable bonds is 8. The number of ether oxygens (including phenoxy) is 1. The normalized spacial score (nSPS) is 12.7. The van der Waals surface area contributed by atoms with Gasteiger partial charge < -0.3 is 9.84 Å². The summed E-state index contributed by atoms with van der Waals surface area (Å²) in [6.45, 7) is 10.5. The molecule has 1 aromatic heterocycles. The molecule has 20 heavy (non-hydrogen) atoms. The van der Waals surface area contributed by atoms with Crippen LogP contribution in [-0.2, 0) is 15.1 Å². The maximum atomic E-state index is 10.6. The molecule has 0 aliphatic heterocycles. The molecule has 1 aromatic rings. The molecule has 0 aromatic carbocycles. The van der Waals surface area contributed by atoms with Crippen molar-refractivity contribution in [1.29, 1.82) is 0 Å². The number of hydrogen-bond acceptors (Lipinski definition) is 4. The van der Waals surface area contributed by atoms with Gasteiger partial charge in [-0.3, -0.25) is 4.79 Å². The molecule has 0 saturated heterocycles. The van der Waals surface area contributed by atoms with E-state index in [2.05, 4.69) is 24.2 Å². The number of hydrogen-bond donors (Lipinski definition) is 1. The first-order valence-corrected chi connectivity index (χ1v) is 6.88. The largest absolute Gasteiger partial charge is 0.481 e. The predicted octanol–water partition coefficient (Wildman–Crippen LogP) is 2.37. The van der Waals surface area contributed by atoms with Gasteiger partial charge in [-0.05, 0) is 47.5 Å². The van der Waals surface area contributed by atoms with Crippen LogP contribution in [-0.4, -0.2) is 38.3 Å². The highest BCUT2D eigenvalue weighted by Crippen LogP contribution is 2.22. The van der Waals surface area contributed by atoms with E-state index in [-0.39, 0.29) is 12.0 Å². The van der Waals surface area contributed by atoms with Crippen molar-refractivity contribution in [3.05, 3.63) is 11.9 Å². The molecule has 0 unspecified atom stereocenters. The maximum absolute atomic E-state index is 10.6. The molecule has 0 aliphatic rings. The van der Waals surface area contributed by atoms with E-state index in [9.17, 15) is 4.79 Å². The van der Waals surface area contributed by atoms with E-state index in [1.54, 1.807) is 0 Å². The van der Waals surface area contributed by atoms with Crippen LogP contribution in [0.4, 0.5) is 0 Å². The average molecular weight is 283 g/mol. The Bertz CT molecular complexity index is 452. The fourth-order valence-electron chi connectivity index (χ4n) is 1.81. The molecule has 6 nitrogen and oxygen atoms in total. The molecule has 0 spiro atoms. The maximum Gasteiger partial charge on any atom is 0.303 e. The minimum atomic E-state index is -0.792. The van der Waals surface area contributed by atoms with Gasteiger partial charge >= 0.3 is 5.97 Å². The Hall–Kier alpha value is -1.43. The first-order valence-electron chi connectivity index (χ1n) is 6.88. The molecule has 0 aliphatic carbocycles. The molecule has 0 fully saturated rings. The number of aliphatic carboxylic acids is 1. The van der Waals surface area contributed by atoms with Crippen molar-refractivity contribution in [3.8, 4) is 0 Å². The van der Waals surface area contributed by atoms with Crippen molar-refractivity contribution >= 4 is 5.97 Å². The minimum Gasteiger partial charge on any atom is -0.481 e. The summed E-state index contributed by atoms with van der Waals surface area (Å²) >= 11 is 0. The Labute approximate surface area is 120 Å². The van der Waals surface area contributed by atoms with Crippen LogP contribution in [0, 0.1) is 6.92 Å². The van der Waals surface area contributed by atoms with E-state index in [0.29, 0.717) is 13.0 Å². The topological polar surface area (TPSA) is 77.2 Å². The minimum absolute atomic E-state index is 0.124. The molecule has 0 saturated carbocycles. The third-order valence-corrected chi connectivity index (χ3v) is 3.38. The molecular formula is C14H25N3O3. The summed E-state index contributed by atoms with van der Waals surface area (Å²) in [5.41, 5.74) is 0.289. The summed E-state index contributed by atoms with van der Waals surface area (Å²) in [6.07, 6.45) is 3.33. The van der Waals surface area contributed by atoms with Gasteiger partial charge in [0.25, 0.3) is 0 Å². The van der Waals surface area contributed by atoms with Crippen LogP contribution in [0.25, 0.3) is 0 Å². The molecular weight excluding hydrogens is 258 g/mol. The van der Waals surface area contributed by atoms with E-state index in [4.69, 9.17) is 9.84 Å². The number of nitrogens with zero attached hydrogens (tertiary/aromatic N) is 3. The van der Waals surface area contributed by atoms with Crippen molar-refractivity contribution in [2.24, 2.45) is 0 Å². The van der Waals surface area contributed by atoms with Gasteiger partial charge in [0.1, 0.15) is 0 Å². The van der Waals surface area contributed by atoms with Gasteiger partial charge in [-0.15, -0.1) is 5.10 Å². The summed E-state index contributed by atoms with van der Waals surface area (Å²) in [7, 11) is 0. The zero-order chi connectivity index (χ0) is 15.4. The highest BCUT2D eigenvalue weighted by atomic mass is 16.5. The van der Waals surface area contributed by atoms with E-state index < -0.39 is 11.6 Å². The molecule has 114 valence electrons. The van der Waals surface area contributed by atoms with Crippen molar-refractivity contribution in [3.63, 3.8) is 0 Å². The quantitative estimate of drug-likeness (QED) is 0.792. The number of carboxylic acid groups (broad SMARTS) is 1. The Morgan fingerprint density at radius 3 is 2.50 bits per heavy atom. The average Bonchev–Trinajstić information content (AvgIpc) is 2.74. The Balaban J connectivity index is 2.44. The van der Waals surface area contributed by atoms with Gasteiger partial charge in [0, 0.05) is 19.2 Å². The second-order valence-corrected chi connectivity index (χ2v) is 6.37. The first-order chi connectivity index (χ1) is 9.12. The number of carbonyl (C=O) groups is 1. The number of aryl methyl sites for hydroxylation is 1. The Morgan fingerprint density at radius 2 is 2.00 bits per heavy atom. The first kappa shape index (κ1) is 16.6. The molecule has 1 rings (SSSR count). The summed E-state index contributed by atoms with van der Waals surface area (Å²) < 4.78 is 7.66. The third-order valence-electron chi connectivity index (χ3n) is 3.38. The van der Waals surface area contributed by atoms with Gasteiger partial charge in [-0.2, -0.15) is 0 Å². The van der Waals surface area contributed by atoms with Gasteiger partial charge in [0.2, 0.25) is 0 Å². The lowest BCUT2D eigenvalue weighted by atomic mass is 10.00. The van der Waals surface area contributed by atoms with E-state index in [0.717, 1.165) is 12.1 Å². The van der Waals surface area contributed by atoms with E-state index >= 15 is 0 Å².